The third-order valence-electron chi connectivity index (χ3n) is 6.60. The standard InChI is InChI=1S/C23H26N6O2/c1-24-23(26-14-17-5-2-3-6-18(17)29-11-4-9-27-29)25-10-12-28-21(30)19-15-7-8-16(13-15)20(19)22(28)31/h2-9,11,15-16,19-20H,10,12-14H2,1H3,(H2,24,25,26). The van der Waals surface area contributed by atoms with Crippen LogP contribution in [0.15, 0.2) is 59.9 Å². The van der Waals surface area contributed by atoms with Crippen molar-refractivity contribution >= 4 is 17.8 Å². The Morgan fingerprint density at radius 2 is 1.84 bits per heavy atom. The third kappa shape index (κ3) is 3.41. The van der Waals surface area contributed by atoms with Crippen molar-refractivity contribution in [3.63, 3.8) is 0 Å². The van der Waals surface area contributed by atoms with Crippen LogP contribution in [-0.4, -0.2) is 52.6 Å². The molecule has 160 valence electrons. The highest BCUT2D eigenvalue weighted by Gasteiger charge is 2.58. The number of likely N-dealkylation sites (tertiary alicyclic amines) is 1. The Hall–Kier alpha value is -3.42. The Morgan fingerprint density at radius 3 is 2.52 bits per heavy atom. The third-order valence-corrected chi connectivity index (χ3v) is 6.60. The number of carbonyl (C=O) groups excluding carboxylic acids is 2. The fraction of sp³-hybridized carbons (Fsp3) is 0.391. The molecule has 0 radical (unpaired) electrons. The molecule has 1 saturated carbocycles. The molecular formula is C23H26N6O2. The minimum Gasteiger partial charge on any atom is -0.355 e. The molecule has 4 atom stereocenters. The highest BCUT2D eigenvalue weighted by Crippen LogP contribution is 2.52. The summed E-state index contributed by atoms with van der Waals surface area (Å²) in [5, 5.41) is 10.8. The predicted molar refractivity (Wildman–Crippen MR) is 116 cm³/mol. The van der Waals surface area contributed by atoms with E-state index in [-0.39, 0.29) is 35.5 Å². The number of nitrogens with zero attached hydrogens (tertiary/aromatic N) is 4. The first-order valence-electron chi connectivity index (χ1n) is 10.7. The van der Waals surface area contributed by atoms with Crippen molar-refractivity contribution in [1.82, 2.24) is 25.3 Å². The first kappa shape index (κ1) is 19.5. The number of carbonyl (C=O) groups is 2. The van der Waals surface area contributed by atoms with E-state index in [4.69, 9.17) is 0 Å². The van der Waals surface area contributed by atoms with Crippen molar-refractivity contribution < 1.29 is 9.59 Å². The predicted octanol–water partition coefficient (Wildman–Crippen LogP) is 1.34. The van der Waals surface area contributed by atoms with Crippen LogP contribution in [0.4, 0.5) is 0 Å². The molecule has 8 heteroatoms. The van der Waals surface area contributed by atoms with Gasteiger partial charge in [0.25, 0.3) is 0 Å². The molecule has 0 spiro atoms. The summed E-state index contributed by atoms with van der Waals surface area (Å²) >= 11 is 0. The molecule has 1 saturated heterocycles. The van der Waals surface area contributed by atoms with Crippen LogP contribution in [0.1, 0.15) is 12.0 Å². The molecule has 31 heavy (non-hydrogen) atoms. The fourth-order valence-electron chi connectivity index (χ4n) is 5.17. The molecule has 1 aromatic heterocycles. The first-order valence-corrected chi connectivity index (χ1v) is 10.7. The van der Waals surface area contributed by atoms with Gasteiger partial charge >= 0.3 is 0 Å². The zero-order valence-electron chi connectivity index (χ0n) is 17.4. The fourth-order valence-corrected chi connectivity index (χ4v) is 5.17. The second-order valence-electron chi connectivity index (χ2n) is 8.26. The molecule has 5 rings (SSSR count). The van der Waals surface area contributed by atoms with Gasteiger partial charge in [-0.05, 0) is 36.0 Å². The van der Waals surface area contributed by atoms with Gasteiger partial charge in [-0.25, -0.2) is 4.68 Å². The van der Waals surface area contributed by atoms with E-state index in [1.54, 1.807) is 13.2 Å². The highest BCUT2D eigenvalue weighted by atomic mass is 16.2. The Morgan fingerprint density at radius 1 is 1.10 bits per heavy atom. The van der Waals surface area contributed by atoms with Gasteiger partial charge in [-0.2, -0.15) is 5.10 Å². The van der Waals surface area contributed by atoms with E-state index in [0.717, 1.165) is 17.7 Å². The molecule has 2 amide bonds. The smallest absolute Gasteiger partial charge is 0.233 e. The zero-order valence-corrected chi connectivity index (χ0v) is 17.4. The van der Waals surface area contributed by atoms with E-state index in [0.29, 0.717) is 25.6 Å². The minimum absolute atomic E-state index is 0.00949. The van der Waals surface area contributed by atoms with Crippen molar-refractivity contribution in [2.75, 3.05) is 20.1 Å². The van der Waals surface area contributed by atoms with Crippen molar-refractivity contribution in [3.8, 4) is 5.69 Å². The number of rotatable bonds is 6. The second kappa shape index (κ2) is 8.02. The number of guanidine groups is 1. The number of hydrogen-bond acceptors (Lipinski definition) is 4. The Labute approximate surface area is 181 Å². The van der Waals surface area contributed by atoms with Gasteiger partial charge in [0.1, 0.15) is 0 Å². The molecule has 3 aliphatic rings. The molecule has 2 aromatic rings. The van der Waals surface area contributed by atoms with Crippen LogP contribution in [0.5, 0.6) is 0 Å². The average molecular weight is 419 g/mol. The van der Waals surface area contributed by atoms with Gasteiger partial charge in [0.15, 0.2) is 5.96 Å². The van der Waals surface area contributed by atoms with E-state index in [9.17, 15) is 9.59 Å². The lowest BCUT2D eigenvalue weighted by Gasteiger charge is -2.19. The Bertz CT molecular complexity index is 1010. The summed E-state index contributed by atoms with van der Waals surface area (Å²) in [6, 6.07) is 9.92. The maximum Gasteiger partial charge on any atom is 0.233 e. The summed E-state index contributed by atoms with van der Waals surface area (Å²) in [5.41, 5.74) is 2.08. The van der Waals surface area contributed by atoms with Crippen molar-refractivity contribution in [1.29, 1.82) is 0 Å². The quantitative estimate of drug-likeness (QED) is 0.320. The second-order valence-corrected chi connectivity index (χ2v) is 8.26. The number of amides is 2. The molecule has 2 fully saturated rings. The lowest BCUT2D eigenvalue weighted by atomic mass is 9.85. The molecule has 2 heterocycles. The Balaban J connectivity index is 1.16. The maximum absolute atomic E-state index is 12.8. The molecule has 8 nitrogen and oxygen atoms in total. The molecule has 2 N–H and O–H groups in total. The lowest BCUT2D eigenvalue weighted by Crippen LogP contribution is -2.43. The Kier molecular flexibility index (Phi) is 5.05. The van der Waals surface area contributed by atoms with Gasteiger partial charge in [-0.1, -0.05) is 30.4 Å². The number of para-hydroxylation sites is 1. The monoisotopic (exact) mass is 418 g/mol. The van der Waals surface area contributed by atoms with E-state index >= 15 is 0 Å². The van der Waals surface area contributed by atoms with E-state index in [1.165, 1.54) is 4.90 Å². The van der Waals surface area contributed by atoms with E-state index in [1.807, 2.05) is 41.2 Å². The molecule has 2 bridgehead atoms. The van der Waals surface area contributed by atoms with Gasteiger partial charge in [0.2, 0.25) is 11.8 Å². The number of aliphatic imine (C=N–C) groups is 1. The summed E-state index contributed by atoms with van der Waals surface area (Å²) in [5.74, 6) is 0.811. The van der Waals surface area contributed by atoms with E-state index in [2.05, 4.69) is 32.9 Å². The number of fused-ring (bicyclic) bond motifs is 5. The summed E-state index contributed by atoms with van der Waals surface area (Å²) in [7, 11) is 1.70. The number of imide groups is 1. The normalized spacial score (nSPS) is 26.6. The summed E-state index contributed by atoms with van der Waals surface area (Å²) in [6.45, 7) is 1.38. The van der Waals surface area contributed by atoms with Crippen LogP contribution in [0, 0.1) is 23.7 Å². The number of benzene rings is 1. The maximum atomic E-state index is 12.8. The SMILES string of the molecule is CN=C(NCCN1C(=O)C2C3C=CC(C3)C2C1=O)NCc1ccccc1-n1cccn1. The van der Waals surface area contributed by atoms with Crippen LogP contribution in [0.3, 0.4) is 0 Å². The average Bonchev–Trinajstić information content (AvgIpc) is 3.58. The highest BCUT2D eigenvalue weighted by molar-refractivity contribution is 6.06. The molecule has 1 aromatic carbocycles. The first-order chi connectivity index (χ1) is 15.2. The van der Waals surface area contributed by atoms with E-state index < -0.39 is 0 Å². The van der Waals surface area contributed by atoms with Crippen LogP contribution < -0.4 is 10.6 Å². The lowest BCUT2D eigenvalue weighted by molar-refractivity contribution is -0.140. The van der Waals surface area contributed by atoms with Gasteiger partial charge in [-0.15, -0.1) is 0 Å². The number of allylic oxidation sites excluding steroid dienone is 2. The summed E-state index contributed by atoms with van der Waals surface area (Å²) in [6.07, 6.45) is 8.85. The van der Waals surface area contributed by atoms with Crippen LogP contribution >= 0.6 is 0 Å². The van der Waals surface area contributed by atoms with Gasteiger partial charge in [-0.3, -0.25) is 19.5 Å². The van der Waals surface area contributed by atoms with Gasteiger partial charge in [0.05, 0.1) is 17.5 Å². The van der Waals surface area contributed by atoms with Gasteiger partial charge in [0, 0.05) is 39.1 Å². The molecule has 4 unspecified atom stereocenters. The van der Waals surface area contributed by atoms with Crippen molar-refractivity contribution in [2.45, 2.75) is 13.0 Å². The van der Waals surface area contributed by atoms with Crippen LogP contribution in [0.2, 0.25) is 0 Å². The van der Waals surface area contributed by atoms with Crippen molar-refractivity contribution in [3.05, 3.63) is 60.4 Å². The number of nitrogens with one attached hydrogen (secondary N) is 2. The van der Waals surface area contributed by atoms with Gasteiger partial charge < -0.3 is 10.6 Å². The largest absolute Gasteiger partial charge is 0.355 e. The number of hydrogen-bond donors (Lipinski definition) is 2. The summed E-state index contributed by atoms with van der Waals surface area (Å²) < 4.78 is 1.83. The number of aromatic nitrogens is 2. The van der Waals surface area contributed by atoms with Crippen LogP contribution in [0.25, 0.3) is 5.69 Å². The van der Waals surface area contributed by atoms with Crippen LogP contribution in [-0.2, 0) is 16.1 Å². The van der Waals surface area contributed by atoms with Crippen molar-refractivity contribution in [2.24, 2.45) is 28.7 Å². The molecule has 1 aliphatic heterocycles. The minimum atomic E-state index is -0.140. The summed E-state index contributed by atoms with van der Waals surface area (Å²) in [4.78, 5) is 31.3. The topological polar surface area (TPSA) is 91.6 Å². The zero-order chi connectivity index (χ0) is 21.4. The molecule has 2 aliphatic carbocycles. The molecular weight excluding hydrogens is 392 g/mol.